The Morgan fingerprint density at radius 1 is 1.36 bits per heavy atom. The molecule has 0 saturated carbocycles. The topological polar surface area (TPSA) is 87.1 Å². The number of carboxylic acids is 1. The summed E-state index contributed by atoms with van der Waals surface area (Å²) in [6, 6.07) is 5.66. The van der Waals surface area contributed by atoms with Crippen molar-refractivity contribution in [3.63, 3.8) is 0 Å². The molecule has 0 spiro atoms. The Morgan fingerprint density at radius 2 is 2.08 bits per heavy atom. The monoisotopic (exact) mass is 349 g/mol. The van der Waals surface area contributed by atoms with Crippen molar-refractivity contribution < 1.29 is 24.5 Å². The molecule has 25 heavy (non-hydrogen) atoms. The Morgan fingerprint density at radius 3 is 2.72 bits per heavy atom. The molecule has 1 unspecified atom stereocenters. The average molecular weight is 349 g/mol. The van der Waals surface area contributed by atoms with Gasteiger partial charge in [-0.25, -0.2) is 0 Å². The van der Waals surface area contributed by atoms with Gasteiger partial charge < -0.3 is 19.8 Å². The molecule has 2 N–H and O–H groups in total. The number of carbonyl (C=O) groups excluding carboxylic acids is 1. The fourth-order valence-corrected chi connectivity index (χ4v) is 3.41. The third-order valence-electron chi connectivity index (χ3n) is 5.16. The van der Waals surface area contributed by atoms with Crippen LogP contribution in [0.1, 0.15) is 37.3 Å². The maximum atomic E-state index is 12.5. The highest BCUT2D eigenvalue weighted by Crippen LogP contribution is 2.35. The molecule has 0 radical (unpaired) electrons. The number of aryl methyl sites for hydroxylation is 1. The molecule has 1 heterocycles. The first-order chi connectivity index (χ1) is 11.8. The van der Waals surface area contributed by atoms with Crippen LogP contribution in [0.3, 0.4) is 0 Å². The van der Waals surface area contributed by atoms with Gasteiger partial charge in [-0.15, -0.1) is 0 Å². The van der Waals surface area contributed by atoms with E-state index >= 15 is 0 Å². The van der Waals surface area contributed by atoms with Crippen molar-refractivity contribution in [3.8, 4) is 5.75 Å². The first-order valence-electron chi connectivity index (χ1n) is 8.70. The number of ether oxygens (including phenoxy) is 1. The number of hydrogen-bond donors (Lipinski definition) is 2. The molecule has 0 aromatic heterocycles. The second-order valence-corrected chi connectivity index (χ2v) is 6.82. The van der Waals surface area contributed by atoms with E-state index in [1.807, 2.05) is 39.0 Å². The van der Waals surface area contributed by atoms with Crippen LogP contribution in [0.25, 0.3) is 0 Å². The Labute approximate surface area is 148 Å². The van der Waals surface area contributed by atoms with Crippen LogP contribution < -0.4 is 4.74 Å². The van der Waals surface area contributed by atoms with E-state index in [1.165, 1.54) is 4.90 Å². The van der Waals surface area contributed by atoms with Gasteiger partial charge in [0.1, 0.15) is 11.2 Å². The van der Waals surface area contributed by atoms with Gasteiger partial charge in [-0.3, -0.25) is 9.59 Å². The van der Waals surface area contributed by atoms with Crippen LogP contribution in [-0.4, -0.2) is 52.8 Å². The van der Waals surface area contributed by atoms with Crippen molar-refractivity contribution in [3.05, 3.63) is 29.3 Å². The second kappa shape index (κ2) is 7.87. The summed E-state index contributed by atoms with van der Waals surface area (Å²) in [5.74, 6) is -0.646. The Bertz CT molecular complexity index is 645. The number of hydrogen-bond acceptors (Lipinski definition) is 4. The molecule has 1 fully saturated rings. The molecule has 2 rings (SSSR count). The van der Waals surface area contributed by atoms with E-state index in [1.54, 1.807) is 0 Å². The van der Waals surface area contributed by atoms with E-state index in [4.69, 9.17) is 4.74 Å². The van der Waals surface area contributed by atoms with Crippen molar-refractivity contribution in [2.75, 3.05) is 19.7 Å². The van der Waals surface area contributed by atoms with Gasteiger partial charge in [0, 0.05) is 13.1 Å². The highest BCUT2D eigenvalue weighted by atomic mass is 16.5. The zero-order valence-corrected chi connectivity index (χ0v) is 15.1. The number of likely N-dealkylation sites (tertiary alicyclic amines) is 1. The number of benzene rings is 1. The SMILES string of the molecule is CCC[C@]1(C(=O)O)CN(C(=O)COc2cccc(C)c2C)CCC1O. The number of piperidine rings is 1. The van der Waals surface area contributed by atoms with E-state index in [-0.39, 0.29) is 25.5 Å². The lowest BCUT2D eigenvalue weighted by Gasteiger charge is -2.43. The van der Waals surface area contributed by atoms with Gasteiger partial charge in [0.05, 0.1) is 6.10 Å². The minimum atomic E-state index is -1.29. The standard InChI is InChI=1S/C19H27NO5/c1-4-9-19(18(23)24)12-20(10-8-16(19)21)17(22)11-25-15-7-5-6-13(2)14(15)3/h5-7,16,21H,4,8-12H2,1-3H3,(H,23,24)/t16?,19-/m0/s1. The smallest absolute Gasteiger partial charge is 0.314 e. The number of rotatable bonds is 6. The Kier molecular flexibility index (Phi) is 6.06. The molecule has 1 aromatic carbocycles. The number of nitrogens with zero attached hydrogens (tertiary/aromatic N) is 1. The summed E-state index contributed by atoms with van der Waals surface area (Å²) in [4.78, 5) is 25.8. The van der Waals surface area contributed by atoms with Crippen LogP contribution in [0.4, 0.5) is 0 Å². The minimum absolute atomic E-state index is 0.0202. The zero-order valence-electron chi connectivity index (χ0n) is 15.1. The van der Waals surface area contributed by atoms with Crippen molar-refractivity contribution in [2.24, 2.45) is 5.41 Å². The Hall–Kier alpha value is -2.08. The number of aliphatic hydroxyl groups is 1. The van der Waals surface area contributed by atoms with Crippen LogP contribution in [0.15, 0.2) is 18.2 Å². The fraction of sp³-hybridized carbons (Fsp3) is 0.579. The van der Waals surface area contributed by atoms with E-state index in [0.29, 0.717) is 25.1 Å². The van der Waals surface area contributed by atoms with Gasteiger partial charge >= 0.3 is 5.97 Å². The lowest BCUT2D eigenvalue weighted by molar-refractivity contribution is -0.167. The maximum Gasteiger partial charge on any atom is 0.314 e. The van der Waals surface area contributed by atoms with Gasteiger partial charge in [0.25, 0.3) is 5.91 Å². The van der Waals surface area contributed by atoms with E-state index < -0.39 is 17.5 Å². The Balaban J connectivity index is 2.06. The second-order valence-electron chi connectivity index (χ2n) is 6.82. The summed E-state index contributed by atoms with van der Waals surface area (Å²) < 4.78 is 5.65. The highest BCUT2D eigenvalue weighted by molar-refractivity contribution is 5.81. The first kappa shape index (κ1) is 19.2. The number of aliphatic carboxylic acids is 1. The lowest BCUT2D eigenvalue weighted by atomic mass is 9.74. The molecule has 1 aliphatic rings. The number of carboxylic acid groups (broad SMARTS) is 1. The van der Waals surface area contributed by atoms with Crippen LogP contribution >= 0.6 is 0 Å². The summed E-state index contributed by atoms with van der Waals surface area (Å²) >= 11 is 0. The molecular weight excluding hydrogens is 322 g/mol. The molecule has 1 saturated heterocycles. The summed E-state index contributed by atoms with van der Waals surface area (Å²) in [5, 5.41) is 19.9. The lowest BCUT2D eigenvalue weighted by Crippen LogP contribution is -2.57. The van der Waals surface area contributed by atoms with Gasteiger partial charge in [-0.1, -0.05) is 25.5 Å². The summed E-state index contributed by atoms with van der Waals surface area (Å²) in [5.41, 5.74) is 0.774. The van der Waals surface area contributed by atoms with Crippen molar-refractivity contribution >= 4 is 11.9 Å². The fourth-order valence-electron chi connectivity index (χ4n) is 3.41. The first-order valence-corrected chi connectivity index (χ1v) is 8.70. The van der Waals surface area contributed by atoms with Crippen LogP contribution in [0.2, 0.25) is 0 Å². The molecule has 1 amide bonds. The third kappa shape index (κ3) is 3.95. The largest absolute Gasteiger partial charge is 0.483 e. The summed E-state index contributed by atoms with van der Waals surface area (Å²) in [7, 11) is 0. The predicted molar refractivity (Wildman–Crippen MR) is 93.6 cm³/mol. The van der Waals surface area contributed by atoms with Crippen molar-refractivity contribution in [1.82, 2.24) is 4.90 Å². The highest BCUT2D eigenvalue weighted by Gasteiger charge is 2.49. The van der Waals surface area contributed by atoms with Crippen LogP contribution in [-0.2, 0) is 9.59 Å². The van der Waals surface area contributed by atoms with Gasteiger partial charge in [-0.05, 0) is 43.9 Å². The molecule has 138 valence electrons. The predicted octanol–water partition coefficient (Wildman–Crippen LogP) is 2.15. The van der Waals surface area contributed by atoms with Crippen molar-refractivity contribution in [1.29, 1.82) is 0 Å². The molecule has 0 aliphatic carbocycles. The number of amides is 1. The zero-order chi connectivity index (χ0) is 18.6. The molecule has 6 heteroatoms. The van der Waals surface area contributed by atoms with Crippen LogP contribution in [0, 0.1) is 19.3 Å². The summed E-state index contributed by atoms with van der Waals surface area (Å²) in [6.45, 7) is 6.01. The quantitative estimate of drug-likeness (QED) is 0.822. The number of carbonyl (C=O) groups is 2. The molecule has 0 bridgehead atoms. The van der Waals surface area contributed by atoms with Crippen LogP contribution in [0.5, 0.6) is 5.75 Å². The maximum absolute atomic E-state index is 12.5. The molecule has 6 nitrogen and oxygen atoms in total. The van der Waals surface area contributed by atoms with Gasteiger partial charge in [0.15, 0.2) is 6.61 Å². The molecular formula is C19H27NO5. The van der Waals surface area contributed by atoms with Gasteiger partial charge in [0.2, 0.25) is 0 Å². The van der Waals surface area contributed by atoms with E-state index in [0.717, 1.165) is 11.1 Å². The number of aliphatic hydroxyl groups excluding tert-OH is 1. The summed E-state index contributed by atoms with van der Waals surface area (Å²) in [6.07, 6.45) is 0.297. The molecule has 1 aliphatic heterocycles. The van der Waals surface area contributed by atoms with E-state index in [9.17, 15) is 19.8 Å². The minimum Gasteiger partial charge on any atom is -0.483 e. The average Bonchev–Trinajstić information content (AvgIpc) is 2.58. The molecule has 2 atom stereocenters. The van der Waals surface area contributed by atoms with Crippen molar-refractivity contribution in [2.45, 2.75) is 46.1 Å². The van der Waals surface area contributed by atoms with Gasteiger partial charge in [-0.2, -0.15) is 0 Å². The normalized spacial score (nSPS) is 23.4. The third-order valence-corrected chi connectivity index (χ3v) is 5.16. The van der Waals surface area contributed by atoms with E-state index in [2.05, 4.69) is 0 Å². The molecule has 1 aromatic rings.